The summed E-state index contributed by atoms with van der Waals surface area (Å²) in [7, 11) is 4.71. The van der Waals surface area contributed by atoms with E-state index in [1.54, 1.807) is 44.0 Å². The maximum absolute atomic E-state index is 5.37. The summed E-state index contributed by atoms with van der Waals surface area (Å²) >= 11 is 6.85. The van der Waals surface area contributed by atoms with Crippen molar-refractivity contribution < 1.29 is 14.2 Å². The summed E-state index contributed by atoms with van der Waals surface area (Å²) in [5.74, 6) is 2.40. The van der Waals surface area contributed by atoms with Gasteiger partial charge in [-0.2, -0.15) is 9.78 Å². The molecule has 0 aliphatic rings. The van der Waals surface area contributed by atoms with Crippen molar-refractivity contribution >= 4 is 30.2 Å². The molecule has 0 unspecified atom stereocenters. The van der Waals surface area contributed by atoms with Crippen molar-refractivity contribution in [1.82, 2.24) is 14.9 Å². The van der Waals surface area contributed by atoms with E-state index in [4.69, 9.17) is 26.4 Å². The molecule has 0 saturated heterocycles. The number of thioether (sulfide) groups is 1. The summed E-state index contributed by atoms with van der Waals surface area (Å²) in [6, 6.07) is 13.8. The molecule has 0 fully saturated rings. The second-order valence-electron chi connectivity index (χ2n) is 5.60. The zero-order chi connectivity index (χ0) is 19.9. The molecule has 7 nitrogen and oxygen atoms in total. The van der Waals surface area contributed by atoms with E-state index in [0.29, 0.717) is 27.2 Å². The summed E-state index contributed by atoms with van der Waals surface area (Å²) in [5, 5.41) is 12.2. The Morgan fingerprint density at radius 3 is 2.39 bits per heavy atom. The quantitative estimate of drug-likeness (QED) is 0.338. The first-order valence-electron chi connectivity index (χ1n) is 8.34. The molecule has 0 radical (unpaired) electrons. The number of ether oxygens (including phenoxy) is 3. The number of methoxy groups -OCH3 is 3. The Kier molecular flexibility index (Phi) is 6.72. The number of rotatable bonds is 8. The number of hydrogen-bond acceptors (Lipinski definition) is 7. The minimum absolute atomic E-state index is 0.416. The molecule has 28 heavy (non-hydrogen) atoms. The molecule has 0 saturated carbocycles. The highest BCUT2D eigenvalue weighted by molar-refractivity contribution is 7.98. The van der Waals surface area contributed by atoms with Gasteiger partial charge in [0.1, 0.15) is 0 Å². The van der Waals surface area contributed by atoms with Gasteiger partial charge in [0.05, 0.1) is 27.5 Å². The minimum Gasteiger partial charge on any atom is -0.493 e. The zero-order valence-electron chi connectivity index (χ0n) is 15.7. The number of aromatic amines is 1. The fraction of sp³-hybridized carbons (Fsp3) is 0.211. The Balaban J connectivity index is 1.85. The monoisotopic (exact) mass is 416 g/mol. The van der Waals surface area contributed by atoms with E-state index in [1.165, 1.54) is 5.56 Å². The second-order valence-corrected chi connectivity index (χ2v) is 6.93. The molecule has 0 spiro atoms. The van der Waals surface area contributed by atoms with E-state index in [0.717, 1.165) is 11.3 Å². The lowest BCUT2D eigenvalue weighted by molar-refractivity contribution is 0.324. The lowest BCUT2D eigenvalue weighted by atomic mass is 10.2. The third kappa shape index (κ3) is 4.55. The first-order chi connectivity index (χ1) is 13.7. The van der Waals surface area contributed by atoms with E-state index in [-0.39, 0.29) is 0 Å². The Morgan fingerprint density at radius 1 is 1.11 bits per heavy atom. The van der Waals surface area contributed by atoms with Gasteiger partial charge in [0.25, 0.3) is 0 Å². The lowest BCUT2D eigenvalue weighted by Gasteiger charge is -2.12. The standard InChI is InChI=1S/C19H20N4O3S2/c1-24-15-9-14(10-16(25-2)17(15)26-3)11-20-23-18(27)21-22-19(23)28-12-13-7-5-4-6-8-13/h4-11H,12H2,1-3H3,(H,21,27)/b20-11-. The number of hydrogen-bond donors (Lipinski definition) is 1. The van der Waals surface area contributed by atoms with Gasteiger partial charge >= 0.3 is 0 Å². The van der Waals surface area contributed by atoms with Crippen molar-refractivity contribution in [3.05, 3.63) is 58.4 Å². The molecule has 0 aliphatic carbocycles. The second kappa shape index (κ2) is 9.43. The van der Waals surface area contributed by atoms with E-state index < -0.39 is 0 Å². The van der Waals surface area contributed by atoms with E-state index in [2.05, 4.69) is 27.4 Å². The van der Waals surface area contributed by atoms with Gasteiger partial charge in [-0.1, -0.05) is 42.1 Å². The van der Waals surface area contributed by atoms with Gasteiger partial charge in [0.15, 0.2) is 11.5 Å². The molecule has 0 aliphatic heterocycles. The van der Waals surface area contributed by atoms with Gasteiger partial charge < -0.3 is 14.2 Å². The number of nitrogens with zero attached hydrogens (tertiary/aromatic N) is 3. The lowest BCUT2D eigenvalue weighted by Crippen LogP contribution is -1.98. The van der Waals surface area contributed by atoms with Crippen LogP contribution in [-0.2, 0) is 5.75 Å². The summed E-state index contributed by atoms with van der Waals surface area (Å²) in [5.41, 5.74) is 1.97. The van der Waals surface area contributed by atoms with Crippen molar-refractivity contribution in [1.29, 1.82) is 0 Å². The van der Waals surface area contributed by atoms with Crippen LogP contribution < -0.4 is 14.2 Å². The molecule has 0 atom stereocenters. The van der Waals surface area contributed by atoms with Gasteiger partial charge in [0, 0.05) is 11.3 Å². The summed E-state index contributed by atoms with van der Waals surface area (Å²) in [6.45, 7) is 0. The summed E-state index contributed by atoms with van der Waals surface area (Å²) in [6.07, 6.45) is 1.67. The predicted octanol–water partition coefficient (Wildman–Crippen LogP) is 4.14. The molecule has 1 aromatic heterocycles. The maximum Gasteiger partial charge on any atom is 0.217 e. The third-order valence-electron chi connectivity index (χ3n) is 3.84. The number of aromatic nitrogens is 3. The maximum atomic E-state index is 5.37. The van der Waals surface area contributed by atoms with Crippen LogP contribution in [0.2, 0.25) is 0 Å². The minimum atomic E-state index is 0.416. The summed E-state index contributed by atoms with van der Waals surface area (Å²) in [4.78, 5) is 0. The highest BCUT2D eigenvalue weighted by atomic mass is 32.2. The molecule has 1 heterocycles. The first-order valence-corrected chi connectivity index (χ1v) is 9.74. The van der Waals surface area contributed by atoms with Gasteiger partial charge in [-0.05, 0) is 29.9 Å². The molecule has 9 heteroatoms. The number of H-pyrrole nitrogens is 1. The van der Waals surface area contributed by atoms with Crippen LogP contribution in [0.5, 0.6) is 17.2 Å². The predicted molar refractivity (Wildman–Crippen MR) is 113 cm³/mol. The Hall–Kier alpha value is -2.78. The van der Waals surface area contributed by atoms with Crippen LogP contribution in [0.3, 0.4) is 0 Å². The molecular formula is C19H20N4O3S2. The largest absolute Gasteiger partial charge is 0.493 e. The molecule has 3 rings (SSSR count). The van der Waals surface area contributed by atoms with Crippen LogP contribution in [0.1, 0.15) is 11.1 Å². The molecule has 1 N–H and O–H groups in total. The topological polar surface area (TPSA) is 73.7 Å². The highest BCUT2D eigenvalue weighted by Crippen LogP contribution is 2.37. The molecule has 0 bridgehead atoms. The first kappa shape index (κ1) is 20.0. The van der Waals surface area contributed by atoms with Crippen molar-refractivity contribution in [2.75, 3.05) is 21.3 Å². The van der Waals surface area contributed by atoms with Crippen molar-refractivity contribution in [3.63, 3.8) is 0 Å². The molecule has 3 aromatic rings. The average Bonchev–Trinajstić information content (AvgIpc) is 3.09. The molecule has 0 amide bonds. The van der Waals surface area contributed by atoms with Crippen LogP contribution in [-0.4, -0.2) is 42.4 Å². The van der Waals surface area contributed by atoms with Crippen molar-refractivity contribution in [2.24, 2.45) is 5.10 Å². The van der Waals surface area contributed by atoms with Gasteiger partial charge in [-0.3, -0.25) is 0 Å². The third-order valence-corrected chi connectivity index (χ3v) is 5.11. The number of benzene rings is 2. The van der Waals surface area contributed by atoms with Gasteiger partial charge in [0.2, 0.25) is 15.7 Å². The SMILES string of the molecule is COc1cc(/C=N\n2c(SCc3ccccc3)n[nH]c2=S)cc(OC)c1OC. The normalized spacial score (nSPS) is 11.0. The van der Waals surface area contributed by atoms with Gasteiger partial charge in [-0.15, -0.1) is 5.10 Å². The smallest absolute Gasteiger partial charge is 0.217 e. The Labute approximate surface area is 172 Å². The Bertz CT molecular complexity index is 991. The van der Waals surface area contributed by atoms with E-state index in [1.807, 2.05) is 30.3 Å². The van der Waals surface area contributed by atoms with Crippen LogP contribution >= 0.6 is 24.0 Å². The van der Waals surface area contributed by atoms with Crippen LogP contribution in [0.25, 0.3) is 0 Å². The fourth-order valence-corrected chi connectivity index (χ4v) is 3.59. The van der Waals surface area contributed by atoms with Crippen LogP contribution in [0.15, 0.2) is 52.7 Å². The number of nitrogens with one attached hydrogen (secondary N) is 1. The molecule has 146 valence electrons. The van der Waals surface area contributed by atoms with Crippen LogP contribution in [0.4, 0.5) is 0 Å². The average molecular weight is 417 g/mol. The molecular weight excluding hydrogens is 396 g/mol. The van der Waals surface area contributed by atoms with E-state index >= 15 is 0 Å². The molecule has 2 aromatic carbocycles. The van der Waals surface area contributed by atoms with Crippen LogP contribution in [0, 0.1) is 4.77 Å². The zero-order valence-corrected chi connectivity index (χ0v) is 17.3. The Morgan fingerprint density at radius 2 is 1.79 bits per heavy atom. The summed E-state index contributed by atoms with van der Waals surface area (Å²) < 4.78 is 18.1. The van der Waals surface area contributed by atoms with E-state index in [9.17, 15) is 0 Å². The van der Waals surface area contributed by atoms with Crippen molar-refractivity contribution in [3.8, 4) is 17.2 Å². The fourth-order valence-electron chi connectivity index (χ4n) is 2.49. The van der Waals surface area contributed by atoms with Gasteiger partial charge in [-0.25, -0.2) is 5.10 Å². The van der Waals surface area contributed by atoms with Crippen molar-refractivity contribution in [2.45, 2.75) is 10.9 Å². The highest BCUT2D eigenvalue weighted by Gasteiger charge is 2.13.